The molecule has 10 nitrogen and oxygen atoms in total. The summed E-state index contributed by atoms with van der Waals surface area (Å²) in [6.45, 7) is 3.27. The number of carbonyl (C=O) groups excluding carboxylic acids is 2. The van der Waals surface area contributed by atoms with Crippen LogP contribution >= 0.6 is 23.1 Å². The second-order valence-corrected chi connectivity index (χ2v) is 14.4. The highest BCUT2D eigenvalue weighted by Crippen LogP contribution is 2.46. The lowest BCUT2D eigenvalue weighted by Gasteiger charge is -2.24. The molecule has 1 unspecified atom stereocenters. The van der Waals surface area contributed by atoms with Gasteiger partial charge in [-0.3, -0.25) is 14.5 Å². The Morgan fingerprint density at radius 2 is 1.66 bits per heavy atom. The number of Topliss-reactive ketones (excluding diaryl/α,β-unsaturated/α-hetero) is 1. The molecule has 0 saturated carbocycles. The summed E-state index contributed by atoms with van der Waals surface area (Å²) in [5.41, 5.74) is 2.83. The van der Waals surface area contributed by atoms with Crippen LogP contribution in [0.5, 0.6) is 23.0 Å². The number of nitrogens with zero attached hydrogens (tertiary/aromatic N) is 3. The standard InChI is InChI=1S/C41H33N3O7S2/c1-2-48-33-21-27(15-17-32(33)51-23-25-9-4-3-5-10-25)36-35(37(45)28-16-18-31-34(22-28)50-20-19-49-31)38(46)39(47)44(36)40-42-43-41(53-40)52-24-29-13-8-12-26-11-6-7-14-30(26)29/h3-18,21-22,36,45H,2,19-20,23-24H2,1H3. The van der Waals surface area contributed by atoms with Gasteiger partial charge in [-0.15, -0.1) is 10.2 Å². The second-order valence-electron chi connectivity index (χ2n) is 12.2. The number of rotatable bonds is 11. The molecule has 53 heavy (non-hydrogen) atoms. The van der Waals surface area contributed by atoms with E-state index in [1.54, 1.807) is 36.4 Å². The van der Waals surface area contributed by atoms with Crippen LogP contribution in [-0.2, 0) is 21.9 Å². The third kappa shape index (κ3) is 6.90. The van der Waals surface area contributed by atoms with Gasteiger partial charge in [0, 0.05) is 11.3 Å². The molecule has 0 spiro atoms. The fraction of sp³-hybridized carbons (Fsp3) is 0.171. The van der Waals surface area contributed by atoms with Gasteiger partial charge in [-0.1, -0.05) is 102 Å². The number of amides is 1. The van der Waals surface area contributed by atoms with E-state index in [4.69, 9.17) is 18.9 Å². The Morgan fingerprint density at radius 1 is 0.868 bits per heavy atom. The molecule has 266 valence electrons. The number of anilines is 1. The Bertz CT molecular complexity index is 2360. The van der Waals surface area contributed by atoms with Crippen LogP contribution in [0.3, 0.4) is 0 Å². The molecule has 1 saturated heterocycles. The van der Waals surface area contributed by atoms with Crippen LogP contribution in [0.1, 0.15) is 35.2 Å². The lowest BCUT2D eigenvalue weighted by atomic mass is 9.95. The molecule has 0 bridgehead atoms. The molecule has 0 aliphatic carbocycles. The van der Waals surface area contributed by atoms with Gasteiger partial charge >= 0.3 is 5.91 Å². The van der Waals surface area contributed by atoms with E-state index >= 15 is 0 Å². The zero-order valence-electron chi connectivity index (χ0n) is 28.6. The first-order valence-electron chi connectivity index (χ1n) is 17.1. The molecule has 2 aliphatic rings. The smallest absolute Gasteiger partial charge is 0.301 e. The van der Waals surface area contributed by atoms with Crippen LogP contribution < -0.4 is 23.8 Å². The first kappa shape index (κ1) is 34.2. The van der Waals surface area contributed by atoms with Crippen LogP contribution in [0.15, 0.2) is 119 Å². The monoisotopic (exact) mass is 743 g/mol. The van der Waals surface area contributed by atoms with E-state index < -0.39 is 17.7 Å². The maximum atomic E-state index is 14.0. The molecule has 1 N–H and O–H groups in total. The van der Waals surface area contributed by atoms with Gasteiger partial charge in [0.1, 0.15) is 25.6 Å². The number of thioether (sulfide) groups is 1. The van der Waals surface area contributed by atoms with Gasteiger partial charge in [0.05, 0.1) is 18.2 Å². The topological polar surface area (TPSA) is 120 Å². The number of aliphatic hydroxyl groups excluding tert-OH is 1. The molecule has 3 heterocycles. The number of carbonyl (C=O) groups is 2. The van der Waals surface area contributed by atoms with Crippen molar-refractivity contribution in [2.24, 2.45) is 0 Å². The molecular formula is C41H33N3O7S2. The first-order chi connectivity index (χ1) is 26.0. The summed E-state index contributed by atoms with van der Waals surface area (Å²) in [4.78, 5) is 29.3. The van der Waals surface area contributed by atoms with E-state index in [1.165, 1.54) is 28.0 Å². The average Bonchev–Trinajstić information content (AvgIpc) is 3.77. The van der Waals surface area contributed by atoms with Crippen molar-refractivity contribution < 1.29 is 33.6 Å². The quantitative estimate of drug-likeness (QED) is 0.0456. The summed E-state index contributed by atoms with van der Waals surface area (Å²) in [6.07, 6.45) is 0. The molecule has 6 aromatic rings. The molecule has 1 amide bonds. The summed E-state index contributed by atoms with van der Waals surface area (Å²) >= 11 is 2.70. The van der Waals surface area contributed by atoms with E-state index in [1.807, 2.05) is 55.5 Å². The molecule has 1 atom stereocenters. The first-order valence-corrected chi connectivity index (χ1v) is 18.9. The van der Waals surface area contributed by atoms with Crippen molar-refractivity contribution >= 4 is 56.5 Å². The van der Waals surface area contributed by atoms with Gasteiger partial charge in [-0.2, -0.15) is 0 Å². The number of benzene rings is 5. The Balaban J connectivity index is 1.17. The summed E-state index contributed by atoms with van der Waals surface area (Å²) in [6, 6.07) is 33.2. The van der Waals surface area contributed by atoms with Crippen molar-refractivity contribution in [3.63, 3.8) is 0 Å². The maximum absolute atomic E-state index is 14.0. The minimum absolute atomic E-state index is 0.104. The number of fused-ring (bicyclic) bond motifs is 2. The number of ether oxygens (including phenoxy) is 4. The number of aromatic nitrogens is 2. The van der Waals surface area contributed by atoms with Gasteiger partial charge in [0.2, 0.25) is 5.13 Å². The van der Waals surface area contributed by atoms with Crippen molar-refractivity contribution in [3.05, 3.63) is 137 Å². The van der Waals surface area contributed by atoms with Crippen LogP contribution in [0, 0.1) is 0 Å². The fourth-order valence-electron chi connectivity index (χ4n) is 6.43. The Kier molecular flexibility index (Phi) is 9.70. The van der Waals surface area contributed by atoms with Crippen LogP contribution in [0.2, 0.25) is 0 Å². The van der Waals surface area contributed by atoms with E-state index in [0.717, 1.165) is 21.9 Å². The Hall–Kier alpha value is -5.85. The minimum Gasteiger partial charge on any atom is -0.507 e. The summed E-state index contributed by atoms with van der Waals surface area (Å²) in [7, 11) is 0. The summed E-state index contributed by atoms with van der Waals surface area (Å²) in [5.74, 6) is 0.459. The van der Waals surface area contributed by atoms with Gasteiger partial charge in [0.25, 0.3) is 5.78 Å². The van der Waals surface area contributed by atoms with E-state index in [2.05, 4.69) is 34.5 Å². The highest BCUT2D eigenvalue weighted by Gasteiger charge is 2.48. The average molecular weight is 744 g/mol. The van der Waals surface area contributed by atoms with Gasteiger partial charge in [-0.05, 0) is 64.7 Å². The Morgan fingerprint density at radius 3 is 2.51 bits per heavy atom. The van der Waals surface area contributed by atoms with E-state index in [9.17, 15) is 14.7 Å². The van der Waals surface area contributed by atoms with E-state index in [-0.39, 0.29) is 16.5 Å². The lowest BCUT2D eigenvalue weighted by Crippen LogP contribution is -2.29. The number of hydrogen-bond donors (Lipinski definition) is 1. The summed E-state index contributed by atoms with van der Waals surface area (Å²) in [5, 5.41) is 23.2. The minimum atomic E-state index is -1.06. The Labute approximate surface area is 313 Å². The number of aliphatic hydroxyl groups is 1. The molecule has 12 heteroatoms. The molecule has 2 aliphatic heterocycles. The zero-order valence-corrected chi connectivity index (χ0v) is 30.2. The molecule has 5 aromatic carbocycles. The third-order valence-electron chi connectivity index (χ3n) is 8.91. The molecule has 8 rings (SSSR count). The number of hydrogen-bond acceptors (Lipinski definition) is 11. The van der Waals surface area contributed by atoms with Gasteiger partial charge in [0.15, 0.2) is 27.3 Å². The van der Waals surface area contributed by atoms with Gasteiger partial charge < -0.3 is 24.1 Å². The van der Waals surface area contributed by atoms with Crippen LogP contribution in [0.25, 0.3) is 16.5 Å². The van der Waals surface area contributed by atoms with Gasteiger partial charge in [-0.25, -0.2) is 0 Å². The van der Waals surface area contributed by atoms with Crippen molar-refractivity contribution in [2.45, 2.75) is 29.7 Å². The molecule has 1 fully saturated rings. The fourth-order valence-corrected chi connectivity index (χ4v) is 8.30. The largest absolute Gasteiger partial charge is 0.507 e. The van der Waals surface area contributed by atoms with Crippen molar-refractivity contribution in [3.8, 4) is 23.0 Å². The van der Waals surface area contributed by atoms with Crippen LogP contribution in [0.4, 0.5) is 5.13 Å². The van der Waals surface area contributed by atoms with Crippen LogP contribution in [-0.4, -0.2) is 46.8 Å². The SMILES string of the molecule is CCOc1cc(C2C(=C(O)c3ccc4c(c3)OCCO4)C(=O)C(=O)N2c2nnc(SCc3cccc4ccccc34)s2)ccc1OCc1ccccc1. The predicted molar refractivity (Wildman–Crippen MR) is 204 cm³/mol. The highest BCUT2D eigenvalue weighted by atomic mass is 32.2. The highest BCUT2D eigenvalue weighted by molar-refractivity contribution is 8.00. The summed E-state index contributed by atoms with van der Waals surface area (Å²) < 4.78 is 24.2. The molecule has 1 aromatic heterocycles. The maximum Gasteiger partial charge on any atom is 0.301 e. The van der Waals surface area contributed by atoms with Crippen molar-refractivity contribution in [1.82, 2.24) is 10.2 Å². The molecular weight excluding hydrogens is 711 g/mol. The third-order valence-corrected chi connectivity index (χ3v) is 11.0. The van der Waals surface area contributed by atoms with Crippen molar-refractivity contribution in [2.75, 3.05) is 24.7 Å². The lowest BCUT2D eigenvalue weighted by molar-refractivity contribution is -0.132. The number of ketones is 1. The van der Waals surface area contributed by atoms with Crippen molar-refractivity contribution in [1.29, 1.82) is 0 Å². The van der Waals surface area contributed by atoms with E-state index in [0.29, 0.717) is 70.6 Å². The predicted octanol–water partition coefficient (Wildman–Crippen LogP) is 8.36. The second kappa shape index (κ2) is 15.0. The zero-order chi connectivity index (χ0) is 36.3. The molecule has 0 radical (unpaired) electrons. The normalized spacial score (nSPS) is 16.2.